The number of hydrogen-bond acceptors (Lipinski definition) is 2. The van der Waals surface area contributed by atoms with Crippen LogP contribution in [-0.2, 0) is 5.41 Å². The van der Waals surface area contributed by atoms with Crippen molar-refractivity contribution in [3.63, 3.8) is 0 Å². The van der Waals surface area contributed by atoms with E-state index in [1.54, 1.807) is 0 Å². The van der Waals surface area contributed by atoms with E-state index in [1.807, 2.05) is 24.4 Å². The summed E-state index contributed by atoms with van der Waals surface area (Å²) in [6, 6.07) is 13.0. The van der Waals surface area contributed by atoms with E-state index >= 15 is 0 Å². The quantitative estimate of drug-likeness (QED) is 0.871. The van der Waals surface area contributed by atoms with Gasteiger partial charge >= 0.3 is 0 Å². The zero-order valence-corrected chi connectivity index (χ0v) is 12.9. The van der Waals surface area contributed by atoms with E-state index in [0.29, 0.717) is 6.04 Å². The first-order valence-electron chi connectivity index (χ1n) is 7.34. The topological polar surface area (TPSA) is 29.9 Å². The van der Waals surface area contributed by atoms with Crippen LogP contribution in [0.4, 0.5) is 0 Å². The number of benzene rings is 1. The first-order chi connectivity index (χ1) is 9.50. The molecule has 2 aromatic rings. The molecule has 1 aromatic carbocycles. The number of hydrogen-bond donors (Lipinski definition) is 1. The molecule has 0 amide bonds. The molecule has 0 fully saturated rings. The van der Waals surface area contributed by atoms with Gasteiger partial charge in [0.05, 0.1) is 5.69 Å². The summed E-state index contributed by atoms with van der Waals surface area (Å²) >= 11 is 0. The van der Waals surface area contributed by atoms with Crippen LogP contribution in [0.15, 0.2) is 42.6 Å². The third kappa shape index (κ3) is 3.48. The van der Waals surface area contributed by atoms with Crippen molar-refractivity contribution in [2.45, 2.75) is 45.6 Å². The van der Waals surface area contributed by atoms with Crippen LogP contribution in [-0.4, -0.2) is 22.4 Å². The van der Waals surface area contributed by atoms with Gasteiger partial charge in [0.1, 0.15) is 0 Å². The average molecular weight is 271 g/mol. The zero-order chi connectivity index (χ0) is 14.6. The smallest absolute Gasteiger partial charge is 0.0649 e. The van der Waals surface area contributed by atoms with E-state index in [2.05, 4.69) is 61.0 Å². The predicted molar refractivity (Wildman–Crippen MR) is 84.3 cm³/mol. The highest BCUT2D eigenvalue weighted by molar-refractivity contribution is 5.34. The Hall–Kier alpha value is -1.61. The van der Waals surface area contributed by atoms with Gasteiger partial charge in [0, 0.05) is 23.3 Å². The van der Waals surface area contributed by atoms with Crippen LogP contribution < -0.4 is 5.32 Å². The Balaban J connectivity index is 2.18. The fraction of sp³-hybridized carbons (Fsp3) is 0.471. The Morgan fingerprint density at radius 2 is 1.85 bits per heavy atom. The normalized spacial score (nSPS) is 12.1. The maximum Gasteiger partial charge on any atom is 0.0649 e. The molecule has 0 aliphatic carbocycles. The summed E-state index contributed by atoms with van der Waals surface area (Å²) < 4.78 is 2.05. The van der Waals surface area contributed by atoms with Gasteiger partial charge in [-0.2, -0.15) is 5.10 Å². The fourth-order valence-electron chi connectivity index (χ4n) is 2.39. The minimum Gasteiger partial charge on any atom is -0.314 e. The van der Waals surface area contributed by atoms with E-state index in [9.17, 15) is 0 Å². The van der Waals surface area contributed by atoms with Gasteiger partial charge in [-0.05, 0) is 31.2 Å². The molecule has 20 heavy (non-hydrogen) atoms. The average Bonchev–Trinajstić information content (AvgIpc) is 2.89. The molecule has 2 rings (SSSR count). The summed E-state index contributed by atoms with van der Waals surface area (Å²) in [4.78, 5) is 0. The molecule has 0 unspecified atom stereocenters. The highest BCUT2D eigenvalue weighted by atomic mass is 15.3. The first kappa shape index (κ1) is 14.8. The van der Waals surface area contributed by atoms with Gasteiger partial charge in [-0.25, -0.2) is 4.68 Å². The largest absolute Gasteiger partial charge is 0.314 e. The second-order valence-electron chi connectivity index (χ2n) is 6.21. The maximum atomic E-state index is 4.49. The molecule has 0 aliphatic rings. The van der Waals surface area contributed by atoms with Crippen molar-refractivity contribution in [1.82, 2.24) is 15.1 Å². The lowest BCUT2D eigenvalue weighted by Gasteiger charge is -2.26. The minimum atomic E-state index is 0.0915. The second kappa shape index (κ2) is 6.23. The lowest BCUT2D eigenvalue weighted by molar-refractivity contribution is 0.422. The summed E-state index contributed by atoms with van der Waals surface area (Å²) in [5.74, 6) is 0. The molecule has 108 valence electrons. The van der Waals surface area contributed by atoms with E-state index in [1.165, 1.54) is 5.69 Å². The van der Waals surface area contributed by atoms with Crippen LogP contribution >= 0.6 is 0 Å². The summed E-state index contributed by atoms with van der Waals surface area (Å²) in [6.07, 6.45) is 2.98. The van der Waals surface area contributed by atoms with Crippen molar-refractivity contribution in [2.24, 2.45) is 0 Å². The molecule has 0 radical (unpaired) electrons. The van der Waals surface area contributed by atoms with E-state index in [4.69, 9.17) is 0 Å². The van der Waals surface area contributed by atoms with Crippen molar-refractivity contribution in [2.75, 3.05) is 6.54 Å². The molecule has 3 heteroatoms. The molecule has 0 saturated heterocycles. The van der Waals surface area contributed by atoms with Gasteiger partial charge in [-0.15, -0.1) is 0 Å². The maximum absolute atomic E-state index is 4.49. The molecule has 0 bridgehead atoms. The lowest BCUT2D eigenvalue weighted by atomic mass is 9.85. The third-order valence-electron chi connectivity index (χ3n) is 3.64. The van der Waals surface area contributed by atoms with E-state index < -0.39 is 0 Å². The van der Waals surface area contributed by atoms with Crippen molar-refractivity contribution in [1.29, 1.82) is 0 Å². The number of para-hydroxylation sites is 1. The van der Waals surface area contributed by atoms with Crippen molar-refractivity contribution in [3.8, 4) is 5.69 Å². The molecule has 3 nitrogen and oxygen atoms in total. The summed E-state index contributed by atoms with van der Waals surface area (Å²) in [5, 5.41) is 7.99. The summed E-state index contributed by atoms with van der Waals surface area (Å²) in [7, 11) is 0. The lowest BCUT2D eigenvalue weighted by Crippen LogP contribution is -2.30. The Morgan fingerprint density at radius 1 is 1.15 bits per heavy atom. The monoisotopic (exact) mass is 271 g/mol. The van der Waals surface area contributed by atoms with Gasteiger partial charge in [0.2, 0.25) is 0 Å². The van der Waals surface area contributed by atoms with Crippen molar-refractivity contribution in [3.05, 3.63) is 48.3 Å². The fourth-order valence-corrected chi connectivity index (χ4v) is 2.39. The van der Waals surface area contributed by atoms with Crippen LogP contribution in [0.5, 0.6) is 0 Å². The molecule has 1 heterocycles. The Kier molecular flexibility index (Phi) is 4.61. The number of aromatic nitrogens is 2. The molecule has 0 saturated carbocycles. The molecular formula is C17H25N3. The number of rotatable bonds is 6. The Morgan fingerprint density at radius 3 is 2.50 bits per heavy atom. The van der Waals surface area contributed by atoms with Gasteiger partial charge in [0.25, 0.3) is 0 Å². The molecule has 1 aromatic heterocycles. The van der Waals surface area contributed by atoms with Gasteiger partial charge in [0.15, 0.2) is 0 Å². The molecule has 0 spiro atoms. The highest BCUT2D eigenvalue weighted by Crippen LogP contribution is 2.28. The van der Waals surface area contributed by atoms with Crippen LogP contribution in [0, 0.1) is 0 Å². The van der Waals surface area contributed by atoms with Crippen molar-refractivity contribution >= 4 is 0 Å². The standard InChI is InChI=1S/C17H25N3/c1-14(2)18-13-11-17(3,4)16-10-12-19-20(16)15-8-6-5-7-9-15/h5-10,12,14,18H,11,13H2,1-4H3. The van der Waals surface area contributed by atoms with Crippen LogP contribution in [0.2, 0.25) is 0 Å². The SMILES string of the molecule is CC(C)NCCC(C)(C)c1ccnn1-c1ccccc1. The second-order valence-corrected chi connectivity index (χ2v) is 6.21. The zero-order valence-electron chi connectivity index (χ0n) is 12.9. The summed E-state index contributed by atoms with van der Waals surface area (Å²) in [6.45, 7) is 9.95. The van der Waals surface area contributed by atoms with Crippen LogP contribution in [0.3, 0.4) is 0 Å². The first-order valence-corrected chi connectivity index (χ1v) is 7.34. The molecular weight excluding hydrogens is 246 g/mol. The van der Waals surface area contributed by atoms with Gasteiger partial charge in [-0.3, -0.25) is 0 Å². The number of nitrogens with zero attached hydrogens (tertiary/aromatic N) is 2. The molecule has 0 aliphatic heterocycles. The summed E-state index contributed by atoms with van der Waals surface area (Å²) in [5.41, 5.74) is 2.47. The number of nitrogens with one attached hydrogen (secondary N) is 1. The highest BCUT2D eigenvalue weighted by Gasteiger charge is 2.24. The Bertz CT molecular complexity index is 526. The minimum absolute atomic E-state index is 0.0915. The van der Waals surface area contributed by atoms with Crippen LogP contribution in [0.25, 0.3) is 5.69 Å². The van der Waals surface area contributed by atoms with E-state index in [0.717, 1.165) is 18.7 Å². The van der Waals surface area contributed by atoms with Gasteiger partial charge in [-0.1, -0.05) is 45.9 Å². The van der Waals surface area contributed by atoms with Crippen LogP contribution in [0.1, 0.15) is 39.8 Å². The van der Waals surface area contributed by atoms with E-state index in [-0.39, 0.29) is 5.41 Å². The molecule has 1 N–H and O–H groups in total. The Labute approximate surface area is 122 Å². The van der Waals surface area contributed by atoms with Crippen molar-refractivity contribution < 1.29 is 0 Å². The predicted octanol–water partition coefficient (Wildman–Crippen LogP) is 3.54. The molecule has 0 atom stereocenters. The van der Waals surface area contributed by atoms with Gasteiger partial charge < -0.3 is 5.32 Å². The third-order valence-corrected chi connectivity index (χ3v) is 3.64.